The second-order valence-electron chi connectivity index (χ2n) is 7.75. The highest BCUT2D eigenvalue weighted by Crippen LogP contribution is 2.40. The fourth-order valence-electron chi connectivity index (χ4n) is 4.11. The van der Waals surface area contributed by atoms with Crippen molar-refractivity contribution in [2.45, 2.75) is 39.2 Å². The van der Waals surface area contributed by atoms with Crippen LogP contribution >= 0.6 is 11.6 Å². The summed E-state index contributed by atoms with van der Waals surface area (Å²) < 4.78 is 1.84. The van der Waals surface area contributed by atoms with Gasteiger partial charge in [0.25, 0.3) is 0 Å². The molecule has 1 N–H and O–H groups in total. The molecule has 5 nitrogen and oxygen atoms in total. The number of nitrogens with one attached hydrogen (secondary N) is 1. The van der Waals surface area contributed by atoms with Gasteiger partial charge in [-0.3, -0.25) is 4.79 Å². The molecule has 0 spiro atoms. The quantitative estimate of drug-likeness (QED) is 0.634. The fraction of sp³-hybridized carbons (Fsp3) is 0.261. The van der Waals surface area contributed by atoms with Crippen molar-refractivity contribution in [3.63, 3.8) is 0 Å². The minimum absolute atomic E-state index is 0.174. The van der Waals surface area contributed by atoms with Crippen LogP contribution in [0.25, 0.3) is 11.4 Å². The molecule has 0 fully saturated rings. The van der Waals surface area contributed by atoms with E-state index in [1.807, 2.05) is 35.0 Å². The Kier molecular flexibility index (Phi) is 4.28. The van der Waals surface area contributed by atoms with Crippen LogP contribution in [0.3, 0.4) is 0 Å². The first-order valence-corrected chi connectivity index (χ1v) is 10.2. The maximum Gasteiger partial charge on any atom is 0.226 e. The summed E-state index contributed by atoms with van der Waals surface area (Å²) in [5.41, 5.74) is 6.14. The van der Waals surface area contributed by atoms with E-state index in [1.165, 1.54) is 11.1 Å². The van der Waals surface area contributed by atoms with Crippen molar-refractivity contribution in [2.24, 2.45) is 0 Å². The molecule has 146 valence electrons. The van der Waals surface area contributed by atoms with Gasteiger partial charge < -0.3 is 5.32 Å². The summed E-state index contributed by atoms with van der Waals surface area (Å²) in [6, 6.07) is 13.6. The van der Waals surface area contributed by atoms with Crippen molar-refractivity contribution >= 4 is 23.3 Å². The number of benzene rings is 2. The minimum Gasteiger partial charge on any atom is -0.328 e. The molecule has 2 heterocycles. The molecular weight excluding hydrogens is 384 g/mol. The van der Waals surface area contributed by atoms with Gasteiger partial charge in [-0.05, 0) is 61.6 Å². The van der Waals surface area contributed by atoms with Crippen molar-refractivity contribution in [1.82, 2.24) is 14.8 Å². The number of Topliss-reactive ketones (excluding diaryl/α,β-unsaturated/α-hetero) is 1. The summed E-state index contributed by atoms with van der Waals surface area (Å²) in [7, 11) is 0. The SMILES string of the molecule is Cc1ccc(-c2nc3n(n2)C(c2ccc(Cl)cc2)C2=C(CCCC2=O)N3)cc1C. The zero-order valence-electron chi connectivity index (χ0n) is 16.4. The van der Waals surface area contributed by atoms with Crippen LogP contribution in [0.5, 0.6) is 0 Å². The number of ketones is 1. The van der Waals surface area contributed by atoms with Crippen molar-refractivity contribution in [3.8, 4) is 11.4 Å². The molecule has 0 saturated heterocycles. The summed E-state index contributed by atoms with van der Waals surface area (Å²) in [6.45, 7) is 4.18. The van der Waals surface area contributed by atoms with E-state index in [0.29, 0.717) is 23.2 Å². The number of nitrogens with zero attached hydrogens (tertiary/aromatic N) is 3. The highest BCUT2D eigenvalue weighted by atomic mass is 35.5. The minimum atomic E-state index is -0.292. The second kappa shape index (κ2) is 6.85. The number of fused-ring (bicyclic) bond motifs is 1. The number of aryl methyl sites for hydroxylation is 2. The van der Waals surface area contributed by atoms with E-state index < -0.39 is 0 Å². The van der Waals surface area contributed by atoms with Gasteiger partial charge >= 0.3 is 0 Å². The summed E-state index contributed by atoms with van der Waals surface area (Å²) in [5, 5.41) is 8.87. The van der Waals surface area contributed by atoms with Gasteiger partial charge in [0, 0.05) is 28.3 Å². The van der Waals surface area contributed by atoms with Crippen LogP contribution in [0.4, 0.5) is 5.95 Å². The number of hydrogen-bond donors (Lipinski definition) is 1. The van der Waals surface area contributed by atoms with E-state index in [4.69, 9.17) is 21.7 Å². The highest BCUT2D eigenvalue weighted by Gasteiger charge is 2.36. The number of halogens is 1. The highest BCUT2D eigenvalue weighted by molar-refractivity contribution is 6.30. The Morgan fingerprint density at radius 1 is 1.07 bits per heavy atom. The van der Waals surface area contributed by atoms with E-state index in [-0.39, 0.29) is 11.8 Å². The molecule has 0 saturated carbocycles. The van der Waals surface area contributed by atoms with Crippen LogP contribution < -0.4 is 5.32 Å². The number of hydrogen-bond acceptors (Lipinski definition) is 4. The first kappa shape index (κ1) is 18.1. The molecule has 1 unspecified atom stereocenters. The molecule has 6 heteroatoms. The molecule has 0 radical (unpaired) electrons. The molecule has 1 aliphatic heterocycles. The number of allylic oxidation sites excluding steroid dienone is 2. The summed E-state index contributed by atoms with van der Waals surface area (Å²) in [4.78, 5) is 17.6. The molecule has 3 aromatic rings. The van der Waals surface area contributed by atoms with Gasteiger partial charge in [0.2, 0.25) is 5.95 Å². The van der Waals surface area contributed by atoms with Gasteiger partial charge in [-0.2, -0.15) is 4.98 Å². The third-order valence-electron chi connectivity index (χ3n) is 5.82. The number of carbonyl (C=O) groups excluding carboxylic acids is 1. The predicted octanol–water partition coefficient (Wildman–Crippen LogP) is 5.24. The smallest absolute Gasteiger partial charge is 0.226 e. The van der Waals surface area contributed by atoms with E-state index >= 15 is 0 Å². The van der Waals surface area contributed by atoms with E-state index in [1.54, 1.807) is 0 Å². The van der Waals surface area contributed by atoms with Crippen LogP contribution in [0, 0.1) is 13.8 Å². The van der Waals surface area contributed by atoms with Gasteiger partial charge in [-0.25, -0.2) is 4.68 Å². The lowest BCUT2D eigenvalue weighted by Crippen LogP contribution is -2.31. The monoisotopic (exact) mass is 404 g/mol. The van der Waals surface area contributed by atoms with Crippen LogP contribution in [-0.4, -0.2) is 20.5 Å². The van der Waals surface area contributed by atoms with Crippen LogP contribution in [0.1, 0.15) is 42.0 Å². The number of carbonyl (C=O) groups is 1. The summed E-state index contributed by atoms with van der Waals surface area (Å²) >= 11 is 6.10. The Hall–Kier alpha value is -2.92. The van der Waals surface area contributed by atoms with Gasteiger partial charge in [0.15, 0.2) is 11.6 Å². The number of rotatable bonds is 2. The predicted molar refractivity (Wildman–Crippen MR) is 114 cm³/mol. The Labute approximate surface area is 174 Å². The van der Waals surface area contributed by atoms with E-state index in [9.17, 15) is 4.79 Å². The average Bonchev–Trinajstić information content (AvgIpc) is 3.13. The van der Waals surface area contributed by atoms with Crippen LogP contribution in [-0.2, 0) is 4.79 Å². The Bertz CT molecular complexity index is 1160. The van der Waals surface area contributed by atoms with Gasteiger partial charge in [0.05, 0.1) is 0 Å². The topological polar surface area (TPSA) is 59.8 Å². The standard InChI is InChI=1S/C23H21ClN4O/c1-13-6-7-16(12-14(13)2)22-26-23-25-18-4-3-5-19(29)20(18)21(28(23)27-22)15-8-10-17(24)11-9-15/h6-12,21H,3-5H2,1-2H3,(H,25,26,27). The maximum atomic E-state index is 12.9. The summed E-state index contributed by atoms with van der Waals surface area (Å²) in [6.07, 6.45) is 2.27. The number of anilines is 1. The zero-order valence-corrected chi connectivity index (χ0v) is 17.1. The van der Waals surface area contributed by atoms with Crippen LogP contribution in [0.2, 0.25) is 5.02 Å². The molecule has 1 aliphatic carbocycles. The van der Waals surface area contributed by atoms with Crippen LogP contribution in [0.15, 0.2) is 53.7 Å². The van der Waals surface area contributed by atoms with E-state index in [0.717, 1.165) is 35.2 Å². The lowest BCUT2D eigenvalue weighted by atomic mass is 9.85. The van der Waals surface area contributed by atoms with Crippen molar-refractivity contribution < 1.29 is 4.79 Å². The Morgan fingerprint density at radius 3 is 2.62 bits per heavy atom. The Balaban J connectivity index is 1.67. The van der Waals surface area contributed by atoms with Crippen molar-refractivity contribution in [2.75, 3.05) is 5.32 Å². The average molecular weight is 405 g/mol. The molecule has 29 heavy (non-hydrogen) atoms. The molecular formula is C23H21ClN4O. The molecule has 5 rings (SSSR count). The molecule has 2 aliphatic rings. The Morgan fingerprint density at radius 2 is 1.86 bits per heavy atom. The first-order valence-electron chi connectivity index (χ1n) is 9.84. The first-order chi connectivity index (χ1) is 14.0. The molecule has 1 aromatic heterocycles. The van der Waals surface area contributed by atoms with Gasteiger partial charge in [0.1, 0.15) is 6.04 Å². The fourth-order valence-corrected chi connectivity index (χ4v) is 4.24. The van der Waals surface area contributed by atoms with Crippen molar-refractivity contribution in [1.29, 1.82) is 0 Å². The molecule has 0 bridgehead atoms. The third kappa shape index (κ3) is 3.06. The largest absolute Gasteiger partial charge is 0.328 e. The second-order valence-corrected chi connectivity index (χ2v) is 8.19. The normalized spacial score (nSPS) is 18.3. The maximum absolute atomic E-state index is 12.9. The number of aromatic nitrogens is 3. The van der Waals surface area contributed by atoms with Crippen molar-refractivity contribution in [3.05, 3.63) is 75.4 Å². The van der Waals surface area contributed by atoms with Gasteiger partial charge in [-0.1, -0.05) is 35.9 Å². The van der Waals surface area contributed by atoms with Gasteiger partial charge in [-0.15, -0.1) is 5.10 Å². The molecule has 1 atom stereocenters. The zero-order chi connectivity index (χ0) is 20.1. The lowest BCUT2D eigenvalue weighted by Gasteiger charge is -2.32. The molecule has 0 amide bonds. The molecule has 2 aromatic carbocycles. The lowest BCUT2D eigenvalue weighted by molar-refractivity contribution is -0.116. The summed E-state index contributed by atoms with van der Waals surface area (Å²) in [5.74, 6) is 1.50. The third-order valence-corrected chi connectivity index (χ3v) is 6.07. The van der Waals surface area contributed by atoms with E-state index in [2.05, 4.69) is 31.3 Å².